The number of pyridine rings is 1. The zero-order valence-electron chi connectivity index (χ0n) is 12.1. The number of hydrogen-bond donors (Lipinski definition) is 1. The van der Waals surface area contributed by atoms with Crippen LogP contribution in [0.2, 0.25) is 0 Å². The first kappa shape index (κ1) is 14.1. The van der Waals surface area contributed by atoms with Crippen LogP contribution in [0.3, 0.4) is 0 Å². The molecule has 1 N–H and O–H groups in total. The van der Waals surface area contributed by atoms with Crippen molar-refractivity contribution in [2.24, 2.45) is 0 Å². The lowest BCUT2D eigenvalue weighted by Gasteiger charge is -2.35. The molecule has 1 aliphatic heterocycles. The second-order valence-corrected chi connectivity index (χ2v) is 4.96. The first-order valence-corrected chi connectivity index (χ1v) is 7.42. The molecule has 2 heterocycles. The molecular formula is C15H25N3O. The summed E-state index contributed by atoms with van der Waals surface area (Å²) in [6.45, 7) is 8.20. The van der Waals surface area contributed by atoms with Crippen LogP contribution in [-0.2, 0) is 0 Å². The van der Waals surface area contributed by atoms with Gasteiger partial charge in [-0.2, -0.15) is 0 Å². The fourth-order valence-electron chi connectivity index (χ4n) is 2.60. The van der Waals surface area contributed by atoms with Gasteiger partial charge in [0.25, 0.3) is 0 Å². The van der Waals surface area contributed by atoms with Gasteiger partial charge in [-0.25, -0.2) is 4.98 Å². The predicted molar refractivity (Wildman–Crippen MR) is 78.9 cm³/mol. The molecule has 0 spiro atoms. The summed E-state index contributed by atoms with van der Waals surface area (Å²) in [5, 5.41) is 3.47. The number of rotatable bonds is 6. The number of piperidine rings is 1. The lowest BCUT2D eigenvalue weighted by atomic mass is 10.1. The van der Waals surface area contributed by atoms with E-state index >= 15 is 0 Å². The minimum Gasteiger partial charge on any atom is -0.490 e. The van der Waals surface area contributed by atoms with Crippen molar-refractivity contribution in [1.29, 1.82) is 0 Å². The van der Waals surface area contributed by atoms with Crippen molar-refractivity contribution in [3.63, 3.8) is 0 Å². The van der Waals surface area contributed by atoms with Crippen LogP contribution in [0.1, 0.15) is 33.1 Å². The van der Waals surface area contributed by atoms with Gasteiger partial charge in [0.05, 0.1) is 6.61 Å². The summed E-state index contributed by atoms with van der Waals surface area (Å²) in [7, 11) is 0. The third-order valence-corrected chi connectivity index (χ3v) is 3.54. The van der Waals surface area contributed by atoms with E-state index in [-0.39, 0.29) is 0 Å². The average Bonchev–Trinajstić information content (AvgIpc) is 2.48. The second-order valence-electron chi connectivity index (χ2n) is 4.96. The van der Waals surface area contributed by atoms with Crippen molar-refractivity contribution in [2.45, 2.75) is 39.2 Å². The predicted octanol–water partition coefficient (Wildman–Crippen LogP) is 2.45. The van der Waals surface area contributed by atoms with Gasteiger partial charge in [-0.1, -0.05) is 6.92 Å². The Kier molecular flexibility index (Phi) is 5.45. The largest absolute Gasteiger partial charge is 0.490 e. The highest BCUT2D eigenvalue weighted by Gasteiger charge is 2.23. The van der Waals surface area contributed by atoms with E-state index in [1.165, 1.54) is 12.8 Å². The normalized spacial score (nSPS) is 19.2. The average molecular weight is 263 g/mol. The molecule has 1 atom stereocenters. The number of nitrogens with one attached hydrogen (secondary N) is 1. The molecule has 19 heavy (non-hydrogen) atoms. The van der Waals surface area contributed by atoms with Gasteiger partial charge in [-0.3, -0.25) is 0 Å². The molecule has 1 unspecified atom stereocenters. The van der Waals surface area contributed by atoms with Crippen LogP contribution >= 0.6 is 0 Å². The summed E-state index contributed by atoms with van der Waals surface area (Å²) in [4.78, 5) is 6.92. The molecule has 1 aromatic heterocycles. The van der Waals surface area contributed by atoms with E-state index in [0.717, 1.165) is 44.2 Å². The van der Waals surface area contributed by atoms with Gasteiger partial charge < -0.3 is 15.0 Å². The molecule has 0 radical (unpaired) electrons. The maximum absolute atomic E-state index is 5.84. The zero-order chi connectivity index (χ0) is 13.5. The minimum absolute atomic E-state index is 0.526. The van der Waals surface area contributed by atoms with Crippen LogP contribution in [0, 0.1) is 0 Å². The van der Waals surface area contributed by atoms with Crippen molar-refractivity contribution in [3.05, 3.63) is 18.3 Å². The molecule has 0 bridgehead atoms. The van der Waals surface area contributed by atoms with Gasteiger partial charge >= 0.3 is 0 Å². The molecule has 1 aromatic rings. The van der Waals surface area contributed by atoms with E-state index in [9.17, 15) is 0 Å². The fourth-order valence-corrected chi connectivity index (χ4v) is 2.60. The van der Waals surface area contributed by atoms with Gasteiger partial charge in [-0.05, 0) is 44.9 Å². The Morgan fingerprint density at radius 3 is 3.05 bits per heavy atom. The van der Waals surface area contributed by atoms with Crippen LogP contribution in [0.15, 0.2) is 18.3 Å². The quantitative estimate of drug-likeness (QED) is 0.855. The van der Waals surface area contributed by atoms with Crippen LogP contribution < -0.4 is 15.0 Å². The van der Waals surface area contributed by atoms with Crippen molar-refractivity contribution < 1.29 is 4.74 Å². The Morgan fingerprint density at radius 2 is 2.37 bits per heavy atom. The zero-order valence-corrected chi connectivity index (χ0v) is 12.1. The Balaban J connectivity index is 2.16. The monoisotopic (exact) mass is 263 g/mol. The number of nitrogens with zero attached hydrogens (tertiary/aromatic N) is 2. The molecule has 0 amide bonds. The van der Waals surface area contributed by atoms with E-state index in [1.807, 2.05) is 18.3 Å². The summed E-state index contributed by atoms with van der Waals surface area (Å²) < 4.78 is 5.84. The third kappa shape index (κ3) is 3.60. The maximum Gasteiger partial charge on any atom is 0.171 e. The highest BCUT2D eigenvalue weighted by Crippen LogP contribution is 2.28. The summed E-state index contributed by atoms with van der Waals surface area (Å²) >= 11 is 0. The SMILES string of the molecule is CCCOc1cccnc1N(CC)C1CCCNC1. The second kappa shape index (κ2) is 7.34. The molecule has 106 valence electrons. The number of hydrogen-bond acceptors (Lipinski definition) is 4. The lowest BCUT2D eigenvalue weighted by molar-refractivity contribution is 0.314. The molecule has 0 saturated carbocycles. The van der Waals surface area contributed by atoms with Crippen LogP contribution in [0.4, 0.5) is 5.82 Å². The summed E-state index contributed by atoms with van der Waals surface area (Å²) in [5.74, 6) is 1.91. The van der Waals surface area contributed by atoms with Crippen LogP contribution in [0.5, 0.6) is 5.75 Å². The van der Waals surface area contributed by atoms with Gasteiger partial charge in [0.1, 0.15) is 0 Å². The van der Waals surface area contributed by atoms with Gasteiger partial charge in [0.2, 0.25) is 0 Å². The number of likely N-dealkylation sites (N-methyl/N-ethyl adjacent to an activating group) is 1. The summed E-state index contributed by atoms with van der Waals surface area (Å²) in [6, 6.07) is 4.50. The Morgan fingerprint density at radius 1 is 1.47 bits per heavy atom. The minimum atomic E-state index is 0.526. The van der Waals surface area contributed by atoms with E-state index in [0.29, 0.717) is 6.04 Å². The molecule has 0 aromatic carbocycles. The standard InChI is InChI=1S/C15H25N3O/c1-3-11-19-14-8-6-10-17-15(14)18(4-2)13-7-5-9-16-12-13/h6,8,10,13,16H,3-5,7,9,11-12H2,1-2H3. The van der Waals surface area contributed by atoms with E-state index in [1.54, 1.807) is 0 Å². The number of ether oxygens (including phenoxy) is 1. The topological polar surface area (TPSA) is 37.4 Å². The summed E-state index contributed by atoms with van der Waals surface area (Å²) in [6.07, 6.45) is 5.34. The summed E-state index contributed by atoms with van der Waals surface area (Å²) in [5.41, 5.74) is 0. The highest BCUT2D eigenvalue weighted by atomic mass is 16.5. The van der Waals surface area contributed by atoms with Crippen molar-refractivity contribution in [2.75, 3.05) is 31.1 Å². The molecular weight excluding hydrogens is 238 g/mol. The smallest absolute Gasteiger partial charge is 0.171 e. The molecule has 4 nitrogen and oxygen atoms in total. The van der Waals surface area contributed by atoms with Gasteiger partial charge in [0, 0.05) is 25.3 Å². The number of anilines is 1. The van der Waals surface area contributed by atoms with Crippen LogP contribution in [-0.4, -0.2) is 37.3 Å². The Hall–Kier alpha value is -1.29. The molecule has 0 aliphatic carbocycles. The van der Waals surface area contributed by atoms with Crippen molar-refractivity contribution in [3.8, 4) is 5.75 Å². The Labute approximate surface area is 116 Å². The molecule has 2 rings (SSSR count). The Bertz CT molecular complexity index is 377. The van der Waals surface area contributed by atoms with E-state index < -0.39 is 0 Å². The third-order valence-electron chi connectivity index (χ3n) is 3.54. The molecule has 1 saturated heterocycles. The van der Waals surface area contributed by atoms with Crippen LogP contribution in [0.25, 0.3) is 0 Å². The lowest BCUT2D eigenvalue weighted by Crippen LogP contribution is -2.46. The first-order chi connectivity index (χ1) is 9.36. The van der Waals surface area contributed by atoms with E-state index in [2.05, 4.69) is 29.0 Å². The first-order valence-electron chi connectivity index (χ1n) is 7.42. The molecule has 1 aliphatic rings. The fraction of sp³-hybridized carbons (Fsp3) is 0.667. The maximum atomic E-state index is 5.84. The van der Waals surface area contributed by atoms with Crippen molar-refractivity contribution >= 4 is 5.82 Å². The molecule has 1 fully saturated rings. The van der Waals surface area contributed by atoms with Gasteiger partial charge in [0.15, 0.2) is 11.6 Å². The van der Waals surface area contributed by atoms with E-state index in [4.69, 9.17) is 4.74 Å². The highest BCUT2D eigenvalue weighted by molar-refractivity contribution is 5.53. The molecule has 4 heteroatoms. The van der Waals surface area contributed by atoms with Gasteiger partial charge in [-0.15, -0.1) is 0 Å². The van der Waals surface area contributed by atoms with Crippen molar-refractivity contribution in [1.82, 2.24) is 10.3 Å². The number of aromatic nitrogens is 1.